The molecule has 0 bridgehead atoms. The molecule has 0 fully saturated rings. The van der Waals surface area contributed by atoms with E-state index in [-0.39, 0.29) is 11.9 Å². The number of carbonyl (C=O) groups is 1. The Balaban J connectivity index is 2.41. The molecule has 0 saturated heterocycles. The first-order chi connectivity index (χ1) is 9.54. The van der Waals surface area contributed by atoms with Crippen LogP contribution in [-0.2, 0) is 4.79 Å². The lowest BCUT2D eigenvalue weighted by molar-refractivity contribution is -0.133. The molecule has 4 heteroatoms. The first-order valence-corrected chi connectivity index (χ1v) is 7.63. The van der Waals surface area contributed by atoms with Gasteiger partial charge in [0.1, 0.15) is 5.75 Å². The van der Waals surface area contributed by atoms with E-state index in [9.17, 15) is 4.79 Å². The Morgan fingerprint density at radius 1 is 1.40 bits per heavy atom. The predicted molar refractivity (Wildman–Crippen MR) is 83.5 cm³/mol. The van der Waals surface area contributed by atoms with Crippen molar-refractivity contribution < 1.29 is 9.53 Å². The Bertz CT molecular complexity index is 421. The highest BCUT2D eigenvalue weighted by molar-refractivity contribution is 6.17. The van der Waals surface area contributed by atoms with E-state index in [1.54, 1.807) is 0 Å². The molecule has 0 radical (unpaired) electrons. The summed E-state index contributed by atoms with van der Waals surface area (Å²) in [5.74, 6) is 1.52. The molecule has 0 spiro atoms. The summed E-state index contributed by atoms with van der Waals surface area (Å²) in [7, 11) is 0. The van der Waals surface area contributed by atoms with Crippen molar-refractivity contribution in [2.45, 2.75) is 39.7 Å². The van der Waals surface area contributed by atoms with Crippen LogP contribution in [0, 0.1) is 6.92 Å². The van der Waals surface area contributed by atoms with Crippen molar-refractivity contribution in [1.29, 1.82) is 0 Å². The lowest BCUT2D eigenvalue weighted by Crippen LogP contribution is -2.38. The Kier molecular flexibility index (Phi) is 7.45. The fourth-order valence-corrected chi connectivity index (χ4v) is 2.13. The number of benzene rings is 1. The summed E-state index contributed by atoms with van der Waals surface area (Å²) in [6.07, 6.45) is 1.22. The van der Waals surface area contributed by atoms with Crippen molar-refractivity contribution in [2.24, 2.45) is 0 Å². The van der Waals surface area contributed by atoms with E-state index in [1.165, 1.54) is 0 Å². The van der Waals surface area contributed by atoms with Crippen molar-refractivity contribution in [3.8, 4) is 5.75 Å². The number of amides is 1. The van der Waals surface area contributed by atoms with Crippen LogP contribution in [0.4, 0.5) is 0 Å². The third kappa shape index (κ3) is 5.83. The van der Waals surface area contributed by atoms with Gasteiger partial charge in [0.25, 0.3) is 0 Å². The highest BCUT2D eigenvalue weighted by Crippen LogP contribution is 2.13. The van der Waals surface area contributed by atoms with Gasteiger partial charge in [-0.1, -0.05) is 12.1 Å². The molecule has 1 aromatic rings. The minimum absolute atomic E-state index is 0.123. The Hall–Kier alpha value is -1.22. The van der Waals surface area contributed by atoms with Crippen LogP contribution in [0.25, 0.3) is 0 Å². The number of halogens is 1. The van der Waals surface area contributed by atoms with Gasteiger partial charge < -0.3 is 9.64 Å². The van der Waals surface area contributed by atoms with Crippen molar-refractivity contribution >= 4 is 17.5 Å². The van der Waals surface area contributed by atoms with Gasteiger partial charge in [-0.2, -0.15) is 0 Å². The first kappa shape index (κ1) is 16.8. The molecule has 0 atom stereocenters. The molecule has 0 N–H and O–H groups in total. The van der Waals surface area contributed by atoms with Crippen LogP contribution in [0.15, 0.2) is 24.3 Å². The molecule has 112 valence electrons. The van der Waals surface area contributed by atoms with E-state index in [0.29, 0.717) is 25.5 Å². The second-order valence-electron chi connectivity index (χ2n) is 5.14. The molecule has 1 aromatic carbocycles. The van der Waals surface area contributed by atoms with Gasteiger partial charge in [-0.15, -0.1) is 11.6 Å². The van der Waals surface area contributed by atoms with Crippen LogP contribution in [0.3, 0.4) is 0 Å². The number of ether oxygens (including phenoxy) is 1. The summed E-state index contributed by atoms with van der Waals surface area (Å²) in [6.45, 7) is 7.18. The molecule has 20 heavy (non-hydrogen) atoms. The molecule has 0 aromatic heterocycles. The third-order valence-electron chi connectivity index (χ3n) is 3.05. The first-order valence-electron chi connectivity index (χ1n) is 7.09. The zero-order chi connectivity index (χ0) is 15.0. The second-order valence-corrected chi connectivity index (χ2v) is 5.52. The minimum atomic E-state index is 0.123. The van der Waals surface area contributed by atoms with Crippen molar-refractivity contribution in [3.05, 3.63) is 29.8 Å². The number of carbonyl (C=O) groups excluding carboxylic acids is 1. The van der Waals surface area contributed by atoms with Gasteiger partial charge in [-0.25, -0.2) is 0 Å². The van der Waals surface area contributed by atoms with E-state index in [4.69, 9.17) is 16.3 Å². The normalized spacial score (nSPS) is 10.7. The van der Waals surface area contributed by atoms with Crippen molar-refractivity contribution in [3.63, 3.8) is 0 Å². The molecule has 0 heterocycles. The summed E-state index contributed by atoms with van der Waals surface area (Å²) in [5.41, 5.74) is 1.15. The number of hydrogen-bond acceptors (Lipinski definition) is 2. The Morgan fingerprint density at radius 2 is 2.15 bits per heavy atom. The van der Waals surface area contributed by atoms with Crippen LogP contribution in [0.2, 0.25) is 0 Å². The van der Waals surface area contributed by atoms with E-state index in [1.807, 2.05) is 49.9 Å². The fraction of sp³-hybridized carbons (Fsp3) is 0.562. The maximum Gasteiger partial charge on any atom is 0.226 e. The SMILES string of the molecule is Cc1cccc(OCCC(=O)N(CCCCl)C(C)C)c1. The maximum atomic E-state index is 12.2. The molecular formula is C16H24ClNO2. The molecule has 1 rings (SSSR count). The molecule has 1 amide bonds. The van der Waals surface area contributed by atoms with E-state index in [0.717, 1.165) is 17.7 Å². The monoisotopic (exact) mass is 297 g/mol. The summed E-state index contributed by atoms with van der Waals surface area (Å²) in [5, 5.41) is 0. The number of nitrogens with zero attached hydrogens (tertiary/aromatic N) is 1. The van der Waals surface area contributed by atoms with Gasteiger partial charge in [0.15, 0.2) is 0 Å². The third-order valence-corrected chi connectivity index (χ3v) is 3.32. The van der Waals surface area contributed by atoms with E-state index >= 15 is 0 Å². The lowest BCUT2D eigenvalue weighted by atomic mass is 10.2. The van der Waals surface area contributed by atoms with Gasteiger partial charge in [0.2, 0.25) is 5.91 Å². The average molecular weight is 298 g/mol. The molecular weight excluding hydrogens is 274 g/mol. The fourth-order valence-electron chi connectivity index (χ4n) is 2.01. The van der Waals surface area contributed by atoms with Crippen LogP contribution in [0.5, 0.6) is 5.75 Å². The number of rotatable bonds is 8. The van der Waals surface area contributed by atoms with Crippen molar-refractivity contribution in [1.82, 2.24) is 4.90 Å². The van der Waals surface area contributed by atoms with E-state index < -0.39 is 0 Å². The van der Waals surface area contributed by atoms with Crippen molar-refractivity contribution in [2.75, 3.05) is 19.0 Å². The van der Waals surface area contributed by atoms with Gasteiger partial charge in [0, 0.05) is 18.5 Å². The Morgan fingerprint density at radius 3 is 2.75 bits per heavy atom. The summed E-state index contributed by atoms with van der Waals surface area (Å²) in [4.78, 5) is 14.0. The standard InChI is InChI=1S/C16H24ClNO2/c1-13(2)18(10-5-9-17)16(19)8-11-20-15-7-4-6-14(3)12-15/h4,6-7,12-13H,5,8-11H2,1-3H3. The van der Waals surface area contributed by atoms with E-state index in [2.05, 4.69) is 0 Å². The molecule has 0 aliphatic carbocycles. The van der Waals surface area contributed by atoms with Crippen LogP contribution < -0.4 is 4.74 Å². The van der Waals surface area contributed by atoms with Gasteiger partial charge in [-0.05, 0) is 44.9 Å². The second kappa shape index (κ2) is 8.85. The molecule has 0 saturated carbocycles. The van der Waals surface area contributed by atoms with Crippen LogP contribution in [-0.4, -0.2) is 35.9 Å². The molecule has 3 nitrogen and oxygen atoms in total. The topological polar surface area (TPSA) is 29.5 Å². The van der Waals surface area contributed by atoms with Crippen LogP contribution >= 0.6 is 11.6 Å². The highest BCUT2D eigenvalue weighted by Gasteiger charge is 2.16. The van der Waals surface area contributed by atoms with Gasteiger partial charge in [0.05, 0.1) is 13.0 Å². The number of hydrogen-bond donors (Lipinski definition) is 0. The highest BCUT2D eigenvalue weighted by atomic mass is 35.5. The largest absolute Gasteiger partial charge is 0.493 e. The van der Waals surface area contributed by atoms with Gasteiger partial charge >= 0.3 is 0 Å². The summed E-state index contributed by atoms with van der Waals surface area (Å²) >= 11 is 5.69. The molecule has 0 aliphatic rings. The molecule has 0 unspecified atom stereocenters. The predicted octanol–water partition coefficient (Wildman–Crippen LogP) is 3.63. The lowest BCUT2D eigenvalue weighted by Gasteiger charge is -2.26. The number of alkyl halides is 1. The Labute approximate surface area is 126 Å². The minimum Gasteiger partial charge on any atom is -0.493 e. The maximum absolute atomic E-state index is 12.2. The zero-order valence-electron chi connectivity index (χ0n) is 12.6. The quantitative estimate of drug-likeness (QED) is 0.686. The van der Waals surface area contributed by atoms with Gasteiger partial charge in [-0.3, -0.25) is 4.79 Å². The summed E-state index contributed by atoms with van der Waals surface area (Å²) in [6, 6.07) is 8.05. The smallest absolute Gasteiger partial charge is 0.226 e. The number of aryl methyl sites for hydroxylation is 1. The zero-order valence-corrected chi connectivity index (χ0v) is 13.3. The summed E-state index contributed by atoms with van der Waals surface area (Å²) < 4.78 is 5.62. The average Bonchev–Trinajstić information content (AvgIpc) is 2.39. The van der Waals surface area contributed by atoms with Crippen LogP contribution in [0.1, 0.15) is 32.3 Å². The molecule has 0 aliphatic heterocycles.